The molecule has 2 aliphatic rings. The molecule has 2 aliphatic heterocycles. The van der Waals surface area contributed by atoms with Crippen LogP contribution in [-0.4, -0.2) is 73.0 Å². The number of carbonyl (C=O) groups excluding carboxylic acids is 2. The van der Waals surface area contributed by atoms with Gasteiger partial charge in [0.2, 0.25) is 5.91 Å². The van der Waals surface area contributed by atoms with Crippen molar-refractivity contribution in [2.45, 2.75) is 12.8 Å². The second-order valence-corrected chi connectivity index (χ2v) is 9.12. The summed E-state index contributed by atoms with van der Waals surface area (Å²) in [6.45, 7) is 3.75. The number of carbonyl (C=O) groups is 2. The van der Waals surface area contributed by atoms with E-state index in [2.05, 4.69) is 9.88 Å². The highest BCUT2D eigenvalue weighted by Gasteiger charge is 2.33. The lowest BCUT2D eigenvalue weighted by Gasteiger charge is -2.40. The van der Waals surface area contributed by atoms with E-state index in [0.29, 0.717) is 56.1 Å². The normalized spacial score (nSPS) is 18.6. The van der Waals surface area contributed by atoms with E-state index in [1.165, 1.54) is 12.1 Å². The zero-order valence-electron chi connectivity index (χ0n) is 19.8. The summed E-state index contributed by atoms with van der Waals surface area (Å²) in [5.41, 5.74) is 2.25. The fourth-order valence-electron chi connectivity index (χ4n) is 5.09. The Morgan fingerprint density at radius 3 is 2.49 bits per heavy atom. The zero-order chi connectivity index (χ0) is 24.4. The molecule has 1 aromatic heterocycles. The van der Waals surface area contributed by atoms with Crippen molar-refractivity contribution in [3.8, 4) is 5.75 Å². The number of aromatic nitrogens is 1. The third kappa shape index (κ3) is 4.78. The van der Waals surface area contributed by atoms with Crippen LogP contribution in [0.1, 0.15) is 23.2 Å². The smallest absolute Gasteiger partial charge is 0.253 e. The van der Waals surface area contributed by atoms with Crippen molar-refractivity contribution in [3.63, 3.8) is 0 Å². The van der Waals surface area contributed by atoms with Crippen LogP contribution in [0.2, 0.25) is 0 Å². The molecule has 1 atom stereocenters. The first-order chi connectivity index (χ1) is 17.0. The topological polar surface area (TPSA) is 66.0 Å². The number of hydrogen-bond donors (Lipinski definition) is 0. The summed E-state index contributed by atoms with van der Waals surface area (Å²) < 4.78 is 18.8. The molecule has 0 radical (unpaired) electrons. The second kappa shape index (κ2) is 9.90. The third-order valence-electron chi connectivity index (χ3n) is 7.01. The van der Waals surface area contributed by atoms with Gasteiger partial charge in [-0.2, -0.15) is 0 Å². The van der Waals surface area contributed by atoms with E-state index in [1.54, 1.807) is 48.5 Å². The number of rotatable bonds is 4. The van der Waals surface area contributed by atoms with E-state index < -0.39 is 0 Å². The number of piperidine rings is 1. The van der Waals surface area contributed by atoms with E-state index >= 15 is 0 Å². The van der Waals surface area contributed by atoms with Gasteiger partial charge in [0.25, 0.3) is 5.91 Å². The first-order valence-corrected chi connectivity index (χ1v) is 12.0. The summed E-state index contributed by atoms with van der Waals surface area (Å²) in [5, 5.41) is 0.911. The van der Waals surface area contributed by atoms with Crippen LogP contribution in [0.15, 0.2) is 54.7 Å². The molecular formula is C27H29FN4O3. The van der Waals surface area contributed by atoms with Gasteiger partial charge in [-0.25, -0.2) is 4.39 Å². The van der Waals surface area contributed by atoms with Gasteiger partial charge in [-0.05, 0) is 55.3 Å². The highest BCUT2D eigenvalue weighted by Crippen LogP contribution is 2.28. The Labute approximate surface area is 204 Å². The molecule has 2 saturated heterocycles. The van der Waals surface area contributed by atoms with Crippen LogP contribution in [0.3, 0.4) is 0 Å². The average Bonchev–Trinajstić information content (AvgIpc) is 2.92. The molecule has 182 valence electrons. The molecule has 5 rings (SSSR count). The van der Waals surface area contributed by atoms with Gasteiger partial charge in [-0.3, -0.25) is 14.6 Å². The molecule has 2 aromatic carbocycles. The largest absolute Gasteiger partial charge is 0.497 e. The van der Waals surface area contributed by atoms with Crippen LogP contribution in [0.25, 0.3) is 10.9 Å². The Morgan fingerprint density at radius 2 is 1.74 bits per heavy atom. The van der Waals surface area contributed by atoms with Crippen molar-refractivity contribution < 1.29 is 18.7 Å². The van der Waals surface area contributed by atoms with Crippen molar-refractivity contribution in [2.75, 3.05) is 51.3 Å². The Bertz CT molecular complexity index is 1220. The van der Waals surface area contributed by atoms with Crippen LogP contribution in [0, 0.1) is 11.7 Å². The standard InChI is InChI=1S/C27H29FN4O3/c1-35-22-7-4-19(5-8-22)26(33)32-12-2-3-20(18-32)27(34)31-15-13-30(14-16-31)25-10-11-29-24-17-21(28)6-9-23(24)25/h4-11,17,20H,2-3,12-16,18H2,1H3. The van der Waals surface area contributed by atoms with Gasteiger partial charge in [0.1, 0.15) is 11.6 Å². The Morgan fingerprint density at radius 1 is 0.971 bits per heavy atom. The average molecular weight is 477 g/mol. The van der Waals surface area contributed by atoms with Crippen molar-refractivity contribution in [2.24, 2.45) is 5.92 Å². The molecule has 2 fully saturated rings. The number of pyridine rings is 1. The maximum atomic E-state index is 13.6. The maximum Gasteiger partial charge on any atom is 0.253 e. The molecule has 0 spiro atoms. The number of benzene rings is 2. The van der Waals surface area contributed by atoms with Crippen LogP contribution in [0.5, 0.6) is 5.75 Å². The van der Waals surface area contributed by atoms with Gasteiger partial charge in [0, 0.05) is 68.2 Å². The molecule has 0 bridgehead atoms. The first kappa shape index (κ1) is 23.1. The lowest BCUT2D eigenvalue weighted by Crippen LogP contribution is -2.53. The summed E-state index contributed by atoms with van der Waals surface area (Å²) in [5.74, 6) is 0.306. The summed E-state index contributed by atoms with van der Waals surface area (Å²) in [7, 11) is 1.60. The number of hydrogen-bond acceptors (Lipinski definition) is 5. The minimum atomic E-state index is -0.301. The van der Waals surface area contributed by atoms with E-state index in [9.17, 15) is 14.0 Å². The maximum absolute atomic E-state index is 13.6. The molecule has 2 amide bonds. The second-order valence-electron chi connectivity index (χ2n) is 9.12. The van der Waals surface area contributed by atoms with Gasteiger partial charge >= 0.3 is 0 Å². The molecule has 3 aromatic rings. The van der Waals surface area contributed by atoms with Gasteiger partial charge in [0.15, 0.2) is 0 Å². The predicted octanol–water partition coefficient (Wildman–Crippen LogP) is 3.58. The number of methoxy groups -OCH3 is 1. The highest BCUT2D eigenvalue weighted by atomic mass is 19.1. The number of likely N-dealkylation sites (tertiary alicyclic amines) is 1. The van der Waals surface area contributed by atoms with E-state index in [1.807, 2.05) is 11.0 Å². The van der Waals surface area contributed by atoms with E-state index in [4.69, 9.17) is 4.74 Å². The Kier molecular flexibility index (Phi) is 6.53. The van der Waals surface area contributed by atoms with Crippen molar-refractivity contribution >= 4 is 28.4 Å². The molecule has 0 aliphatic carbocycles. The monoisotopic (exact) mass is 476 g/mol. The molecule has 7 nitrogen and oxygen atoms in total. The van der Waals surface area contributed by atoms with Crippen molar-refractivity contribution in [1.29, 1.82) is 0 Å². The van der Waals surface area contributed by atoms with Crippen LogP contribution in [0.4, 0.5) is 10.1 Å². The SMILES string of the molecule is COc1ccc(C(=O)N2CCCC(C(=O)N3CCN(c4ccnc5cc(F)ccc45)CC3)C2)cc1. The summed E-state index contributed by atoms with van der Waals surface area (Å²) in [4.78, 5) is 36.6. The van der Waals surface area contributed by atoms with E-state index in [0.717, 1.165) is 23.9 Å². The van der Waals surface area contributed by atoms with Crippen LogP contribution >= 0.6 is 0 Å². The van der Waals surface area contributed by atoms with E-state index in [-0.39, 0.29) is 23.5 Å². The molecular weight excluding hydrogens is 447 g/mol. The molecule has 1 unspecified atom stereocenters. The molecule has 35 heavy (non-hydrogen) atoms. The Hall–Kier alpha value is -3.68. The summed E-state index contributed by atoms with van der Waals surface area (Å²) in [6, 6.07) is 13.7. The van der Waals surface area contributed by atoms with Crippen LogP contribution in [-0.2, 0) is 4.79 Å². The summed E-state index contributed by atoms with van der Waals surface area (Å²) in [6.07, 6.45) is 3.31. The number of ether oxygens (including phenoxy) is 1. The number of halogens is 1. The van der Waals surface area contributed by atoms with Gasteiger partial charge in [-0.15, -0.1) is 0 Å². The molecule has 3 heterocycles. The zero-order valence-corrected chi connectivity index (χ0v) is 19.8. The van der Waals surface area contributed by atoms with Gasteiger partial charge < -0.3 is 19.4 Å². The number of piperazine rings is 1. The number of nitrogens with zero attached hydrogens (tertiary/aromatic N) is 4. The lowest BCUT2D eigenvalue weighted by molar-refractivity contribution is -0.137. The lowest BCUT2D eigenvalue weighted by atomic mass is 9.95. The quantitative estimate of drug-likeness (QED) is 0.576. The van der Waals surface area contributed by atoms with Crippen molar-refractivity contribution in [3.05, 3.63) is 66.1 Å². The number of fused-ring (bicyclic) bond motifs is 1. The van der Waals surface area contributed by atoms with Gasteiger partial charge in [-0.1, -0.05) is 0 Å². The fraction of sp³-hybridized carbons (Fsp3) is 0.370. The van der Waals surface area contributed by atoms with Crippen LogP contribution < -0.4 is 9.64 Å². The molecule has 0 N–H and O–H groups in total. The van der Waals surface area contributed by atoms with Crippen molar-refractivity contribution in [1.82, 2.24) is 14.8 Å². The highest BCUT2D eigenvalue weighted by molar-refractivity contribution is 5.95. The predicted molar refractivity (Wildman–Crippen MR) is 132 cm³/mol. The first-order valence-electron chi connectivity index (χ1n) is 12.0. The molecule has 0 saturated carbocycles. The minimum absolute atomic E-state index is 0.0454. The third-order valence-corrected chi connectivity index (χ3v) is 7.01. The number of anilines is 1. The number of amides is 2. The summed E-state index contributed by atoms with van der Waals surface area (Å²) >= 11 is 0. The van der Waals surface area contributed by atoms with Gasteiger partial charge in [0.05, 0.1) is 18.5 Å². The Balaban J connectivity index is 1.21. The molecule has 8 heteroatoms. The minimum Gasteiger partial charge on any atom is -0.497 e. The fourth-order valence-corrected chi connectivity index (χ4v) is 5.09.